The van der Waals surface area contributed by atoms with E-state index in [1.54, 1.807) is 43.8 Å². The van der Waals surface area contributed by atoms with Crippen molar-refractivity contribution in [3.63, 3.8) is 0 Å². The van der Waals surface area contributed by atoms with Crippen LogP contribution in [0.1, 0.15) is 29.1 Å². The van der Waals surface area contributed by atoms with Gasteiger partial charge >= 0.3 is 0 Å². The summed E-state index contributed by atoms with van der Waals surface area (Å²) in [5, 5.41) is 7.23. The molecular formula is C16H14BrIN6O2. The van der Waals surface area contributed by atoms with Gasteiger partial charge in [0.2, 0.25) is 3.83 Å². The Kier molecular flexibility index (Phi) is 5.81. The summed E-state index contributed by atoms with van der Waals surface area (Å²) in [4.78, 5) is 25.4. The minimum atomic E-state index is -0.410. The number of carbonyl (C=O) groups excluding carboxylic acids is 1. The van der Waals surface area contributed by atoms with Crippen molar-refractivity contribution in [1.82, 2.24) is 30.0 Å². The number of hydrogen-bond acceptors (Lipinski definition) is 6. The number of carbonyl (C=O) groups is 1. The topological polar surface area (TPSA) is 94.8 Å². The molecule has 0 aliphatic rings. The lowest BCUT2D eigenvalue weighted by atomic mass is 10.2. The van der Waals surface area contributed by atoms with Gasteiger partial charge in [0.25, 0.3) is 11.9 Å². The molecule has 10 heteroatoms. The maximum atomic E-state index is 12.6. The third-order valence-electron chi connectivity index (χ3n) is 3.45. The zero-order chi connectivity index (χ0) is 18.7. The Morgan fingerprint density at radius 2 is 2.04 bits per heavy atom. The van der Waals surface area contributed by atoms with Crippen molar-refractivity contribution in [3.8, 4) is 11.7 Å². The standard InChI is InChI=1S/C16H14BrIN6O2/c1-9(21-14(25)10-6-11(17)8-12(7-10)26-2)13-22-15(18)23-24(13)16-19-4-3-5-20-16/h3-9H,1-2H3,(H,21,25). The molecule has 1 N–H and O–H groups in total. The molecule has 134 valence electrons. The number of aromatic nitrogens is 5. The molecule has 0 radical (unpaired) electrons. The molecule has 1 atom stereocenters. The first-order valence-electron chi connectivity index (χ1n) is 7.53. The lowest BCUT2D eigenvalue weighted by Crippen LogP contribution is -2.29. The van der Waals surface area contributed by atoms with Crippen molar-refractivity contribution in [1.29, 1.82) is 0 Å². The van der Waals surface area contributed by atoms with Crippen LogP contribution in [0.4, 0.5) is 0 Å². The Balaban J connectivity index is 1.86. The van der Waals surface area contributed by atoms with Crippen molar-refractivity contribution in [2.75, 3.05) is 7.11 Å². The zero-order valence-electron chi connectivity index (χ0n) is 13.8. The van der Waals surface area contributed by atoms with E-state index in [1.807, 2.05) is 29.5 Å². The average Bonchev–Trinajstić information content (AvgIpc) is 3.03. The van der Waals surface area contributed by atoms with E-state index in [9.17, 15) is 4.79 Å². The van der Waals surface area contributed by atoms with Gasteiger partial charge in [-0.2, -0.15) is 4.68 Å². The van der Waals surface area contributed by atoms with Gasteiger partial charge in [0.15, 0.2) is 5.82 Å². The molecule has 2 heterocycles. The zero-order valence-corrected chi connectivity index (χ0v) is 17.6. The molecule has 1 aromatic carbocycles. The van der Waals surface area contributed by atoms with Crippen LogP contribution in [0.3, 0.4) is 0 Å². The number of benzene rings is 1. The molecule has 0 aliphatic heterocycles. The summed E-state index contributed by atoms with van der Waals surface area (Å²) in [5.74, 6) is 1.27. The van der Waals surface area contributed by atoms with E-state index in [1.165, 1.54) is 4.68 Å². The SMILES string of the molecule is COc1cc(Br)cc(C(=O)NC(C)c2nc(I)nn2-c2ncccn2)c1. The van der Waals surface area contributed by atoms with Crippen molar-refractivity contribution >= 4 is 44.4 Å². The highest BCUT2D eigenvalue weighted by molar-refractivity contribution is 14.1. The number of ether oxygens (including phenoxy) is 1. The van der Waals surface area contributed by atoms with Gasteiger partial charge in [-0.25, -0.2) is 15.0 Å². The Morgan fingerprint density at radius 3 is 2.73 bits per heavy atom. The molecular weight excluding hydrogens is 515 g/mol. The van der Waals surface area contributed by atoms with Crippen LogP contribution in [0, 0.1) is 3.83 Å². The summed E-state index contributed by atoms with van der Waals surface area (Å²) in [5.41, 5.74) is 0.472. The van der Waals surface area contributed by atoms with Crippen LogP contribution < -0.4 is 10.1 Å². The van der Waals surface area contributed by atoms with Crippen LogP contribution in [0.15, 0.2) is 41.1 Å². The molecule has 1 amide bonds. The van der Waals surface area contributed by atoms with E-state index < -0.39 is 6.04 Å². The van der Waals surface area contributed by atoms with Gasteiger partial charge in [0, 0.05) is 45.0 Å². The Hall–Kier alpha value is -2.08. The lowest BCUT2D eigenvalue weighted by molar-refractivity contribution is 0.0937. The van der Waals surface area contributed by atoms with Crippen LogP contribution in [-0.4, -0.2) is 37.7 Å². The molecule has 8 nitrogen and oxygen atoms in total. The lowest BCUT2D eigenvalue weighted by Gasteiger charge is -2.14. The normalized spacial score (nSPS) is 11.8. The third-order valence-corrected chi connectivity index (χ3v) is 4.37. The Bertz CT molecular complexity index is 934. The predicted octanol–water partition coefficient (Wildman–Crippen LogP) is 2.92. The summed E-state index contributed by atoms with van der Waals surface area (Å²) in [6.45, 7) is 1.83. The number of halogens is 2. The minimum absolute atomic E-state index is 0.254. The van der Waals surface area contributed by atoms with Crippen LogP contribution in [-0.2, 0) is 0 Å². The third kappa shape index (κ3) is 4.18. The molecule has 0 fully saturated rings. The number of nitrogens with zero attached hydrogens (tertiary/aromatic N) is 5. The smallest absolute Gasteiger partial charge is 0.252 e. The Morgan fingerprint density at radius 1 is 1.31 bits per heavy atom. The number of nitrogens with one attached hydrogen (secondary N) is 1. The molecule has 0 bridgehead atoms. The van der Waals surface area contributed by atoms with E-state index in [2.05, 4.69) is 41.3 Å². The molecule has 3 aromatic rings. The highest BCUT2D eigenvalue weighted by Crippen LogP contribution is 2.22. The summed E-state index contributed by atoms with van der Waals surface area (Å²) >= 11 is 5.39. The van der Waals surface area contributed by atoms with Crippen LogP contribution in [0.2, 0.25) is 0 Å². The maximum absolute atomic E-state index is 12.6. The van der Waals surface area contributed by atoms with E-state index in [-0.39, 0.29) is 5.91 Å². The summed E-state index contributed by atoms with van der Waals surface area (Å²) in [6.07, 6.45) is 3.25. The fourth-order valence-electron chi connectivity index (χ4n) is 2.28. The number of methoxy groups -OCH3 is 1. The second-order valence-electron chi connectivity index (χ2n) is 5.27. The fraction of sp³-hybridized carbons (Fsp3) is 0.188. The molecule has 0 aliphatic carbocycles. The molecule has 0 saturated heterocycles. The van der Waals surface area contributed by atoms with Crippen molar-refractivity contribution < 1.29 is 9.53 Å². The fourth-order valence-corrected chi connectivity index (χ4v) is 3.22. The summed E-state index contributed by atoms with van der Waals surface area (Å²) < 4.78 is 8.02. The van der Waals surface area contributed by atoms with E-state index >= 15 is 0 Å². The number of amides is 1. The monoisotopic (exact) mass is 528 g/mol. The van der Waals surface area contributed by atoms with Crippen LogP contribution >= 0.6 is 38.5 Å². The van der Waals surface area contributed by atoms with Gasteiger partial charge in [0.1, 0.15) is 5.75 Å². The second kappa shape index (κ2) is 8.08. The first kappa shape index (κ1) is 18.7. The van der Waals surface area contributed by atoms with Gasteiger partial charge in [-0.3, -0.25) is 4.79 Å². The number of hydrogen-bond donors (Lipinski definition) is 1. The second-order valence-corrected chi connectivity index (χ2v) is 7.16. The van der Waals surface area contributed by atoms with Crippen molar-refractivity contribution in [3.05, 3.63) is 56.4 Å². The van der Waals surface area contributed by atoms with Gasteiger partial charge in [-0.1, -0.05) is 15.9 Å². The molecule has 2 aromatic heterocycles. The molecule has 0 spiro atoms. The molecule has 3 rings (SSSR count). The molecule has 1 unspecified atom stereocenters. The predicted molar refractivity (Wildman–Crippen MR) is 106 cm³/mol. The van der Waals surface area contributed by atoms with Crippen molar-refractivity contribution in [2.24, 2.45) is 0 Å². The van der Waals surface area contributed by atoms with E-state index in [0.717, 1.165) is 4.47 Å². The van der Waals surface area contributed by atoms with Crippen LogP contribution in [0.5, 0.6) is 5.75 Å². The summed E-state index contributed by atoms with van der Waals surface area (Å²) in [6, 6.07) is 6.48. The minimum Gasteiger partial charge on any atom is -0.497 e. The largest absolute Gasteiger partial charge is 0.497 e. The van der Waals surface area contributed by atoms with Crippen LogP contribution in [0.25, 0.3) is 5.95 Å². The molecule has 26 heavy (non-hydrogen) atoms. The summed E-state index contributed by atoms with van der Waals surface area (Å²) in [7, 11) is 1.55. The number of rotatable bonds is 5. The Labute approximate surface area is 171 Å². The first-order chi connectivity index (χ1) is 12.5. The maximum Gasteiger partial charge on any atom is 0.252 e. The van der Waals surface area contributed by atoms with Crippen molar-refractivity contribution in [2.45, 2.75) is 13.0 Å². The first-order valence-corrected chi connectivity index (χ1v) is 9.40. The highest BCUT2D eigenvalue weighted by Gasteiger charge is 2.21. The molecule has 0 saturated carbocycles. The van der Waals surface area contributed by atoms with Gasteiger partial charge in [-0.15, -0.1) is 5.10 Å². The van der Waals surface area contributed by atoms with E-state index in [0.29, 0.717) is 26.9 Å². The quantitative estimate of drug-likeness (QED) is 0.512. The van der Waals surface area contributed by atoms with Gasteiger partial charge in [-0.05, 0) is 31.2 Å². The van der Waals surface area contributed by atoms with Gasteiger partial charge < -0.3 is 10.1 Å². The highest BCUT2D eigenvalue weighted by atomic mass is 127. The average molecular weight is 529 g/mol. The van der Waals surface area contributed by atoms with E-state index in [4.69, 9.17) is 4.74 Å². The van der Waals surface area contributed by atoms with Gasteiger partial charge in [0.05, 0.1) is 13.2 Å².